The fourth-order valence-electron chi connectivity index (χ4n) is 2.44. The van der Waals surface area contributed by atoms with Crippen LogP contribution in [0.25, 0.3) is 0 Å². The number of carbonyl (C=O) groups is 1. The Morgan fingerprint density at radius 2 is 2.21 bits per heavy atom. The largest absolute Gasteiger partial charge is 0.373 e. The van der Waals surface area contributed by atoms with Gasteiger partial charge in [-0.25, -0.2) is 0 Å². The van der Waals surface area contributed by atoms with E-state index in [2.05, 4.69) is 16.7 Å². The number of benzene rings is 1. The molecule has 1 aliphatic rings. The molecule has 4 nitrogen and oxygen atoms in total. The van der Waals surface area contributed by atoms with Gasteiger partial charge in [-0.1, -0.05) is 18.2 Å². The van der Waals surface area contributed by atoms with Gasteiger partial charge in [0.15, 0.2) is 0 Å². The smallest absolute Gasteiger partial charge is 0.243 e. The second-order valence-electron chi connectivity index (χ2n) is 4.89. The number of fused-ring (bicyclic) bond motifs is 1. The molecule has 4 heteroatoms. The van der Waals surface area contributed by atoms with E-state index in [1.165, 1.54) is 5.56 Å². The molecule has 2 N–H and O–H groups in total. The summed E-state index contributed by atoms with van der Waals surface area (Å²) in [6.07, 6.45) is 2.74. The number of aryl methyl sites for hydroxylation is 1. The number of amides is 1. The predicted molar refractivity (Wildman–Crippen MR) is 74.8 cm³/mol. The van der Waals surface area contributed by atoms with Crippen molar-refractivity contribution in [1.29, 1.82) is 0 Å². The lowest BCUT2D eigenvalue weighted by Gasteiger charge is -2.12. The van der Waals surface area contributed by atoms with Gasteiger partial charge in [-0.3, -0.25) is 4.79 Å². The molecule has 0 radical (unpaired) electrons. The fourth-order valence-corrected chi connectivity index (χ4v) is 2.44. The fraction of sp³-hybridized carbons (Fsp3) is 0.267. The van der Waals surface area contributed by atoms with Crippen LogP contribution in [0.5, 0.6) is 0 Å². The van der Waals surface area contributed by atoms with Gasteiger partial charge in [-0.2, -0.15) is 0 Å². The number of nitrogens with zero attached hydrogens (tertiary/aromatic N) is 1. The first-order valence-electron chi connectivity index (χ1n) is 6.46. The monoisotopic (exact) mass is 255 g/mol. The summed E-state index contributed by atoms with van der Waals surface area (Å²) in [5.74, 6) is 0.0531. The molecular weight excluding hydrogens is 238 g/mol. The third-order valence-corrected chi connectivity index (χ3v) is 3.58. The van der Waals surface area contributed by atoms with Crippen LogP contribution in [0.1, 0.15) is 11.3 Å². The van der Waals surface area contributed by atoms with Crippen LogP contribution >= 0.6 is 0 Å². The summed E-state index contributed by atoms with van der Waals surface area (Å²) in [6, 6.07) is 11.9. The molecule has 0 saturated heterocycles. The van der Waals surface area contributed by atoms with Gasteiger partial charge in [0.25, 0.3) is 0 Å². The van der Waals surface area contributed by atoms with Gasteiger partial charge in [0.05, 0.1) is 6.54 Å². The molecule has 1 aliphatic heterocycles. The highest BCUT2D eigenvalue weighted by Gasteiger charge is 2.25. The lowest BCUT2D eigenvalue weighted by Crippen LogP contribution is -2.38. The molecule has 2 heterocycles. The van der Waals surface area contributed by atoms with Gasteiger partial charge < -0.3 is 15.2 Å². The summed E-state index contributed by atoms with van der Waals surface area (Å²) in [4.78, 5) is 12.1. The highest BCUT2D eigenvalue weighted by atomic mass is 16.2. The number of aromatic nitrogens is 1. The van der Waals surface area contributed by atoms with Crippen molar-refractivity contribution in [1.82, 2.24) is 9.88 Å². The van der Waals surface area contributed by atoms with Gasteiger partial charge >= 0.3 is 0 Å². The van der Waals surface area contributed by atoms with Crippen LogP contribution in [-0.4, -0.2) is 16.5 Å². The highest BCUT2D eigenvalue weighted by Crippen LogP contribution is 2.25. The molecule has 98 valence electrons. The molecule has 1 atom stereocenters. The van der Waals surface area contributed by atoms with Crippen molar-refractivity contribution in [3.8, 4) is 0 Å². The van der Waals surface area contributed by atoms with E-state index in [9.17, 15) is 4.79 Å². The van der Waals surface area contributed by atoms with Gasteiger partial charge in [0.2, 0.25) is 5.91 Å². The van der Waals surface area contributed by atoms with Crippen LogP contribution in [0, 0.1) is 0 Å². The summed E-state index contributed by atoms with van der Waals surface area (Å²) in [6.45, 7) is 0.566. The van der Waals surface area contributed by atoms with Crippen LogP contribution in [0.2, 0.25) is 0 Å². The van der Waals surface area contributed by atoms with E-state index in [0.717, 1.165) is 17.8 Å². The van der Waals surface area contributed by atoms with E-state index in [1.807, 2.05) is 48.1 Å². The molecular formula is C15H17N3O. The molecule has 1 aromatic carbocycles. The average Bonchev–Trinajstić information content (AvgIpc) is 3.01. The number of anilines is 1. The van der Waals surface area contributed by atoms with E-state index >= 15 is 0 Å². The van der Waals surface area contributed by atoms with Crippen LogP contribution in [0.15, 0.2) is 42.6 Å². The minimum atomic E-state index is -0.155. The Bertz CT molecular complexity index is 578. The van der Waals surface area contributed by atoms with Crippen LogP contribution in [-0.2, 0) is 24.8 Å². The van der Waals surface area contributed by atoms with Crippen LogP contribution in [0.3, 0.4) is 0 Å². The van der Waals surface area contributed by atoms with Crippen LogP contribution < -0.4 is 10.6 Å². The van der Waals surface area contributed by atoms with Crippen molar-refractivity contribution in [2.75, 3.05) is 5.32 Å². The summed E-state index contributed by atoms with van der Waals surface area (Å²) in [7, 11) is 1.98. The van der Waals surface area contributed by atoms with E-state index in [4.69, 9.17) is 0 Å². The molecule has 0 bridgehead atoms. The SMILES string of the molecule is Cn1cccc1CNC(=O)C1Cc2ccccc2N1. The minimum absolute atomic E-state index is 0.0531. The zero-order chi connectivity index (χ0) is 13.2. The topological polar surface area (TPSA) is 46.1 Å². The Morgan fingerprint density at radius 3 is 2.95 bits per heavy atom. The first-order chi connectivity index (χ1) is 9.24. The summed E-state index contributed by atoms with van der Waals surface area (Å²) < 4.78 is 2.01. The Hall–Kier alpha value is -2.23. The van der Waals surface area contributed by atoms with Crippen molar-refractivity contribution < 1.29 is 4.79 Å². The number of nitrogens with one attached hydrogen (secondary N) is 2. The van der Waals surface area contributed by atoms with Crippen molar-refractivity contribution in [2.45, 2.75) is 19.0 Å². The molecule has 0 fully saturated rings. The predicted octanol–water partition coefficient (Wildman–Crippen LogP) is 1.68. The number of hydrogen-bond donors (Lipinski definition) is 2. The van der Waals surface area contributed by atoms with Gasteiger partial charge in [-0.15, -0.1) is 0 Å². The first-order valence-corrected chi connectivity index (χ1v) is 6.46. The molecule has 19 heavy (non-hydrogen) atoms. The number of rotatable bonds is 3. The summed E-state index contributed by atoms with van der Waals surface area (Å²) in [5, 5.41) is 6.24. The zero-order valence-electron chi connectivity index (χ0n) is 10.9. The Morgan fingerprint density at radius 1 is 1.37 bits per heavy atom. The number of para-hydroxylation sites is 1. The number of hydrogen-bond acceptors (Lipinski definition) is 2. The van der Waals surface area contributed by atoms with Crippen LogP contribution in [0.4, 0.5) is 5.69 Å². The molecule has 0 saturated carbocycles. The normalized spacial score (nSPS) is 16.8. The molecule has 2 aromatic rings. The summed E-state index contributed by atoms with van der Waals surface area (Å²) >= 11 is 0. The van der Waals surface area contributed by atoms with Crippen molar-refractivity contribution in [3.63, 3.8) is 0 Å². The zero-order valence-corrected chi connectivity index (χ0v) is 10.9. The molecule has 3 rings (SSSR count). The molecule has 0 aliphatic carbocycles. The average molecular weight is 255 g/mol. The van der Waals surface area contributed by atoms with E-state index in [0.29, 0.717) is 6.54 Å². The quantitative estimate of drug-likeness (QED) is 0.876. The molecule has 1 amide bonds. The van der Waals surface area contributed by atoms with Gasteiger partial charge in [0, 0.05) is 31.0 Å². The number of carbonyl (C=O) groups excluding carboxylic acids is 1. The second kappa shape index (κ2) is 4.80. The second-order valence-corrected chi connectivity index (χ2v) is 4.89. The highest BCUT2D eigenvalue weighted by molar-refractivity contribution is 5.87. The van der Waals surface area contributed by atoms with E-state index in [-0.39, 0.29) is 11.9 Å². The van der Waals surface area contributed by atoms with Gasteiger partial charge in [0.1, 0.15) is 6.04 Å². The minimum Gasteiger partial charge on any atom is -0.373 e. The summed E-state index contributed by atoms with van der Waals surface area (Å²) in [5.41, 5.74) is 3.38. The lowest BCUT2D eigenvalue weighted by atomic mass is 10.1. The maximum Gasteiger partial charge on any atom is 0.243 e. The standard InChI is InChI=1S/C15H17N3O/c1-18-8-4-6-12(18)10-16-15(19)14-9-11-5-2-3-7-13(11)17-14/h2-8,14,17H,9-10H2,1H3,(H,16,19). The van der Waals surface area contributed by atoms with Crippen molar-refractivity contribution >= 4 is 11.6 Å². The van der Waals surface area contributed by atoms with E-state index < -0.39 is 0 Å². The Balaban J connectivity index is 1.60. The maximum absolute atomic E-state index is 12.1. The molecule has 1 unspecified atom stereocenters. The molecule has 1 aromatic heterocycles. The Kier molecular flexibility index (Phi) is 2.99. The third-order valence-electron chi connectivity index (χ3n) is 3.58. The van der Waals surface area contributed by atoms with E-state index in [1.54, 1.807) is 0 Å². The Labute approximate surface area is 112 Å². The third kappa shape index (κ3) is 2.34. The molecule has 0 spiro atoms. The lowest BCUT2D eigenvalue weighted by molar-refractivity contribution is -0.121. The van der Waals surface area contributed by atoms with Crippen molar-refractivity contribution in [3.05, 3.63) is 53.9 Å². The maximum atomic E-state index is 12.1. The first kappa shape index (κ1) is 11.8. The van der Waals surface area contributed by atoms with Crippen molar-refractivity contribution in [2.24, 2.45) is 7.05 Å². The van der Waals surface area contributed by atoms with Gasteiger partial charge in [-0.05, 0) is 23.8 Å².